The number of benzene rings is 1. The van der Waals surface area contributed by atoms with Crippen LogP contribution in [0.2, 0.25) is 0 Å². The summed E-state index contributed by atoms with van der Waals surface area (Å²) in [6, 6.07) is 6.90. The largest absolute Gasteiger partial charge is 0.399 e. The lowest BCUT2D eigenvalue weighted by atomic mass is 10.1. The number of rotatable bonds is 4. The molecule has 1 aromatic carbocycles. The highest BCUT2D eigenvalue weighted by atomic mass is 16.5. The number of anilines is 2. The van der Waals surface area contributed by atoms with Crippen LogP contribution < -0.4 is 11.1 Å². The highest BCUT2D eigenvalue weighted by Crippen LogP contribution is 2.21. The van der Waals surface area contributed by atoms with E-state index in [0.29, 0.717) is 29.2 Å². The number of hydrogen-bond acceptors (Lipinski definition) is 5. The highest BCUT2D eigenvalue weighted by molar-refractivity contribution is 5.99. The lowest BCUT2D eigenvalue weighted by molar-refractivity contribution is 0.0828. The molecule has 0 unspecified atom stereocenters. The van der Waals surface area contributed by atoms with Crippen LogP contribution in [0.4, 0.5) is 11.4 Å². The molecule has 19 heavy (non-hydrogen) atoms. The molecule has 0 atom stereocenters. The first-order valence-corrected chi connectivity index (χ1v) is 5.82. The standard InChI is InChI=1S/C13H16N4O2/c1-17(2)13(18)11-4-3-9(14)7-12(11)15-8-10-5-6-16-19-10/h3-7,15H,8,14H2,1-2H3. The zero-order valence-corrected chi connectivity index (χ0v) is 10.9. The first-order valence-electron chi connectivity index (χ1n) is 5.82. The van der Waals surface area contributed by atoms with Crippen LogP contribution in [0.25, 0.3) is 0 Å². The Kier molecular flexibility index (Phi) is 3.70. The van der Waals surface area contributed by atoms with Crippen LogP contribution in [0.15, 0.2) is 35.0 Å². The molecule has 0 aliphatic carbocycles. The number of nitrogen functional groups attached to an aromatic ring is 1. The number of carbonyl (C=O) groups is 1. The number of nitrogens with zero attached hydrogens (tertiary/aromatic N) is 2. The minimum atomic E-state index is -0.0833. The molecule has 3 N–H and O–H groups in total. The molecule has 0 radical (unpaired) electrons. The number of nitrogens with two attached hydrogens (primary N) is 1. The summed E-state index contributed by atoms with van der Waals surface area (Å²) >= 11 is 0. The fourth-order valence-electron chi connectivity index (χ4n) is 1.65. The van der Waals surface area contributed by atoms with Crippen molar-refractivity contribution in [2.75, 3.05) is 25.1 Å². The van der Waals surface area contributed by atoms with Crippen LogP contribution in [0.1, 0.15) is 16.1 Å². The van der Waals surface area contributed by atoms with E-state index in [1.165, 1.54) is 4.90 Å². The van der Waals surface area contributed by atoms with E-state index < -0.39 is 0 Å². The lowest BCUT2D eigenvalue weighted by Crippen LogP contribution is -2.23. The van der Waals surface area contributed by atoms with Crippen LogP contribution in [0, 0.1) is 0 Å². The van der Waals surface area contributed by atoms with Crippen molar-refractivity contribution in [3.8, 4) is 0 Å². The maximum Gasteiger partial charge on any atom is 0.255 e. The van der Waals surface area contributed by atoms with Crippen LogP contribution in [-0.2, 0) is 6.54 Å². The van der Waals surface area contributed by atoms with Crippen molar-refractivity contribution in [3.63, 3.8) is 0 Å². The van der Waals surface area contributed by atoms with Gasteiger partial charge in [0.05, 0.1) is 18.3 Å². The van der Waals surface area contributed by atoms with Gasteiger partial charge in [0.15, 0.2) is 5.76 Å². The van der Waals surface area contributed by atoms with Crippen molar-refractivity contribution >= 4 is 17.3 Å². The maximum atomic E-state index is 12.0. The first-order chi connectivity index (χ1) is 9.08. The number of amides is 1. The average Bonchev–Trinajstić information content (AvgIpc) is 2.88. The number of nitrogens with one attached hydrogen (secondary N) is 1. The molecule has 0 aliphatic rings. The predicted molar refractivity (Wildman–Crippen MR) is 72.7 cm³/mol. The minimum absolute atomic E-state index is 0.0833. The SMILES string of the molecule is CN(C)C(=O)c1ccc(N)cc1NCc1ccno1. The van der Waals surface area contributed by atoms with Crippen molar-refractivity contribution in [2.24, 2.45) is 0 Å². The second kappa shape index (κ2) is 5.43. The molecule has 1 aromatic heterocycles. The second-order valence-electron chi connectivity index (χ2n) is 4.34. The Hall–Kier alpha value is -2.50. The van der Waals surface area contributed by atoms with E-state index in [-0.39, 0.29) is 5.91 Å². The molecule has 0 bridgehead atoms. The van der Waals surface area contributed by atoms with E-state index in [1.807, 2.05) is 0 Å². The summed E-state index contributed by atoms with van der Waals surface area (Å²) in [6.45, 7) is 0.442. The third-order valence-corrected chi connectivity index (χ3v) is 2.62. The summed E-state index contributed by atoms with van der Waals surface area (Å²) in [5.41, 5.74) is 7.59. The normalized spacial score (nSPS) is 10.2. The van der Waals surface area contributed by atoms with Crippen LogP contribution in [0.5, 0.6) is 0 Å². The maximum absolute atomic E-state index is 12.0. The summed E-state index contributed by atoms with van der Waals surface area (Å²) in [5, 5.41) is 6.75. The Morgan fingerprint density at radius 2 is 2.21 bits per heavy atom. The zero-order chi connectivity index (χ0) is 13.8. The van der Waals surface area contributed by atoms with E-state index >= 15 is 0 Å². The van der Waals surface area contributed by atoms with E-state index in [4.69, 9.17) is 10.3 Å². The monoisotopic (exact) mass is 260 g/mol. The van der Waals surface area contributed by atoms with E-state index in [9.17, 15) is 4.79 Å². The van der Waals surface area contributed by atoms with Crippen LogP contribution in [0.3, 0.4) is 0 Å². The third-order valence-electron chi connectivity index (χ3n) is 2.62. The summed E-state index contributed by atoms with van der Waals surface area (Å²) < 4.78 is 4.99. The van der Waals surface area contributed by atoms with Gasteiger partial charge in [0.25, 0.3) is 5.91 Å². The van der Waals surface area contributed by atoms with Gasteiger partial charge < -0.3 is 20.5 Å². The Morgan fingerprint density at radius 3 is 2.84 bits per heavy atom. The van der Waals surface area contributed by atoms with Crippen molar-refractivity contribution in [1.82, 2.24) is 10.1 Å². The number of aromatic nitrogens is 1. The van der Waals surface area contributed by atoms with Gasteiger partial charge in [0, 0.05) is 31.5 Å². The molecule has 2 aromatic rings. The molecule has 2 rings (SSSR count). The molecule has 6 heteroatoms. The molecule has 0 saturated carbocycles. The molecule has 100 valence electrons. The Balaban J connectivity index is 2.22. The molecule has 0 fully saturated rings. The molecule has 1 heterocycles. The van der Waals surface area contributed by atoms with Gasteiger partial charge in [-0.15, -0.1) is 0 Å². The molecule has 0 aliphatic heterocycles. The molecule has 1 amide bonds. The van der Waals surface area contributed by atoms with Gasteiger partial charge in [0.2, 0.25) is 0 Å². The summed E-state index contributed by atoms with van der Waals surface area (Å²) in [4.78, 5) is 13.6. The molecular weight excluding hydrogens is 244 g/mol. The molecular formula is C13H16N4O2. The van der Waals surface area contributed by atoms with Crippen LogP contribution >= 0.6 is 0 Å². The lowest BCUT2D eigenvalue weighted by Gasteiger charge is -2.15. The Morgan fingerprint density at radius 1 is 1.42 bits per heavy atom. The molecule has 6 nitrogen and oxygen atoms in total. The minimum Gasteiger partial charge on any atom is -0.399 e. The summed E-state index contributed by atoms with van der Waals surface area (Å²) in [6.07, 6.45) is 1.57. The Bertz CT molecular complexity index is 564. The molecule has 0 saturated heterocycles. The fraction of sp³-hybridized carbons (Fsp3) is 0.231. The topological polar surface area (TPSA) is 84.4 Å². The zero-order valence-electron chi connectivity index (χ0n) is 10.9. The van der Waals surface area contributed by atoms with Gasteiger partial charge >= 0.3 is 0 Å². The van der Waals surface area contributed by atoms with Crippen molar-refractivity contribution < 1.29 is 9.32 Å². The Labute approximate surface area is 111 Å². The van der Waals surface area contributed by atoms with E-state index in [0.717, 1.165) is 0 Å². The summed E-state index contributed by atoms with van der Waals surface area (Å²) in [7, 11) is 3.41. The average molecular weight is 260 g/mol. The van der Waals surface area contributed by atoms with Gasteiger partial charge in [-0.25, -0.2) is 0 Å². The predicted octanol–water partition coefficient (Wildman–Crippen LogP) is 1.57. The highest BCUT2D eigenvalue weighted by Gasteiger charge is 2.13. The third kappa shape index (κ3) is 3.04. The quantitative estimate of drug-likeness (QED) is 0.815. The second-order valence-corrected chi connectivity index (χ2v) is 4.34. The van der Waals surface area contributed by atoms with Crippen molar-refractivity contribution in [2.45, 2.75) is 6.54 Å². The van der Waals surface area contributed by atoms with Gasteiger partial charge in [-0.3, -0.25) is 4.79 Å². The summed E-state index contributed by atoms with van der Waals surface area (Å²) in [5.74, 6) is 0.603. The van der Waals surface area contributed by atoms with Gasteiger partial charge in [0.1, 0.15) is 0 Å². The smallest absolute Gasteiger partial charge is 0.255 e. The fourth-order valence-corrected chi connectivity index (χ4v) is 1.65. The van der Waals surface area contributed by atoms with E-state index in [1.54, 1.807) is 44.6 Å². The number of hydrogen-bond donors (Lipinski definition) is 2. The molecule has 0 spiro atoms. The van der Waals surface area contributed by atoms with E-state index in [2.05, 4.69) is 10.5 Å². The van der Waals surface area contributed by atoms with Crippen LogP contribution in [-0.4, -0.2) is 30.1 Å². The van der Waals surface area contributed by atoms with Gasteiger partial charge in [-0.05, 0) is 18.2 Å². The number of carbonyl (C=O) groups excluding carboxylic acids is 1. The van der Waals surface area contributed by atoms with Crippen molar-refractivity contribution in [3.05, 3.63) is 41.8 Å². The first kappa shape index (κ1) is 12.9. The van der Waals surface area contributed by atoms with Crippen molar-refractivity contribution in [1.29, 1.82) is 0 Å². The van der Waals surface area contributed by atoms with Gasteiger partial charge in [-0.2, -0.15) is 0 Å². The van der Waals surface area contributed by atoms with Gasteiger partial charge in [-0.1, -0.05) is 5.16 Å².